The van der Waals surface area contributed by atoms with Gasteiger partial charge in [-0.25, -0.2) is 17.8 Å². The van der Waals surface area contributed by atoms with Crippen LogP contribution >= 0.6 is 11.3 Å². The van der Waals surface area contributed by atoms with Gasteiger partial charge in [-0.15, -0.1) is 11.3 Å². The monoisotopic (exact) mass is 376 g/mol. The Labute approximate surface area is 149 Å². The summed E-state index contributed by atoms with van der Waals surface area (Å²) in [5.41, 5.74) is 1.31. The van der Waals surface area contributed by atoms with Gasteiger partial charge in [-0.05, 0) is 36.1 Å². The molecule has 3 aromatic heterocycles. The van der Waals surface area contributed by atoms with Crippen molar-refractivity contribution in [2.45, 2.75) is 17.2 Å². The third-order valence-corrected chi connectivity index (χ3v) is 6.30. The van der Waals surface area contributed by atoms with E-state index in [2.05, 4.69) is 14.8 Å². The molecular weight excluding hydrogens is 360 g/mol. The van der Waals surface area contributed by atoms with Gasteiger partial charge in [-0.3, -0.25) is 9.78 Å². The molecule has 0 aliphatic rings. The highest BCUT2D eigenvalue weighted by atomic mass is 32.2. The zero-order valence-electron chi connectivity index (χ0n) is 13.2. The summed E-state index contributed by atoms with van der Waals surface area (Å²) in [4.78, 5) is 15.9. The molecule has 0 spiro atoms. The Morgan fingerprint density at radius 1 is 1.12 bits per heavy atom. The maximum absolute atomic E-state index is 12.0. The van der Waals surface area contributed by atoms with E-state index in [0.29, 0.717) is 18.7 Å². The van der Waals surface area contributed by atoms with Crippen LogP contribution in [0, 0.1) is 0 Å². The summed E-state index contributed by atoms with van der Waals surface area (Å²) in [6, 6.07) is 9.98. The zero-order chi connectivity index (χ0) is 17.7. The summed E-state index contributed by atoms with van der Waals surface area (Å²) in [5, 5.41) is 6.04. The molecule has 3 heterocycles. The normalized spacial score (nSPS) is 11.5. The van der Waals surface area contributed by atoms with Gasteiger partial charge in [0.15, 0.2) is 0 Å². The molecule has 0 fully saturated rings. The average Bonchev–Trinajstić information content (AvgIpc) is 3.16. The topological polar surface area (TPSA) is 93.9 Å². The molecule has 0 atom stereocenters. The van der Waals surface area contributed by atoms with Gasteiger partial charge in [0.05, 0.1) is 5.69 Å². The fourth-order valence-corrected chi connectivity index (χ4v) is 4.32. The molecule has 0 aliphatic heterocycles. The Kier molecular flexibility index (Phi) is 5.37. The number of hydrogen-bond donors (Lipinski definition) is 1. The van der Waals surface area contributed by atoms with Crippen molar-refractivity contribution in [3.8, 4) is 11.3 Å². The quantitative estimate of drug-likeness (QED) is 0.634. The third kappa shape index (κ3) is 4.38. The lowest BCUT2D eigenvalue weighted by atomic mass is 10.2. The molecule has 0 bridgehead atoms. The molecule has 9 heteroatoms. The number of pyridine rings is 1. The molecule has 0 amide bonds. The first kappa shape index (κ1) is 17.5. The molecular formula is C16H16N4O3S2. The van der Waals surface area contributed by atoms with Crippen LogP contribution in [0.4, 0.5) is 0 Å². The fourth-order valence-electron chi connectivity index (χ4n) is 2.21. The smallest absolute Gasteiger partial charge is 0.266 e. The summed E-state index contributed by atoms with van der Waals surface area (Å²) in [5.74, 6) is 0. The lowest BCUT2D eigenvalue weighted by Gasteiger charge is -2.08. The lowest BCUT2D eigenvalue weighted by Crippen LogP contribution is -2.27. The van der Waals surface area contributed by atoms with Gasteiger partial charge in [-0.2, -0.15) is 5.10 Å². The van der Waals surface area contributed by atoms with Crippen LogP contribution in [0.5, 0.6) is 0 Å². The second-order valence-electron chi connectivity index (χ2n) is 5.20. The summed E-state index contributed by atoms with van der Waals surface area (Å²) in [7, 11) is -3.48. The molecule has 0 radical (unpaired) electrons. The van der Waals surface area contributed by atoms with Gasteiger partial charge < -0.3 is 0 Å². The molecule has 3 aromatic rings. The minimum absolute atomic E-state index is 0.223. The van der Waals surface area contributed by atoms with E-state index in [0.717, 1.165) is 16.9 Å². The maximum Gasteiger partial charge on any atom is 0.266 e. The summed E-state index contributed by atoms with van der Waals surface area (Å²) in [6.07, 6.45) is 3.77. The number of hydrogen-bond acceptors (Lipinski definition) is 6. The standard InChI is InChI=1S/C16H16N4O3S2/c21-15-5-4-14(13-6-9-17-10-7-13)19-20(15)11-2-8-18-25(22,23)16-3-1-12-24-16/h1,3-7,9-10,12,18H,2,8,11H2. The third-order valence-electron chi connectivity index (χ3n) is 3.44. The molecule has 0 aliphatic carbocycles. The minimum atomic E-state index is -3.48. The van der Waals surface area contributed by atoms with E-state index in [4.69, 9.17) is 0 Å². The Balaban J connectivity index is 1.63. The van der Waals surface area contributed by atoms with Crippen LogP contribution in [0.25, 0.3) is 11.3 Å². The largest absolute Gasteiger partial charge is 0.268 e. The Morgan fingerprint density at radius 3 is 2.64 bits per heavy atom. The Bertz CT molecular complexity index is 984. The van der Waals surface area contributed by atoms with Crippen molar-refractivity contribution in [1.29, 1.82) is 0 Å². The lowest BCUT2D eigenvalue weighted by molar-refractivity contribution is 0.537. The number of sulfonamides is 1. The number of nitrogens with zero attached hydrogens (tertiary/aromatic N) is 3. The molecule has 0 saturated heterocycles. The van der Waals surface area contributed by atoms with E-state index in [9.17, 15) is 13.2 Å². The van der Waals surface area contributed by atoms with Gasteiger partial charge >= 0.3 is 0 Å². The molecule has 0 unspecified atom stereocenters. The Hall–Kier alpha value is -2.36. The first-order valence-electron chi connectivity index (χ1n) is 7.58. The summed E-state index contributed by atoms with van der Waals surface area (Å²) in [6.45, 7) is 0.554. The molecule has 130 valence electrons. The molecule has 1 N–H and O–H groups in total. The first-order chi connectivity index (χ1) is 12.1. The van der Waals surface area contributed by atoms with Gasteiger partial charge in [-0.1, -0.05) is 6.07 Å². The molecule has 25 heavy (non-hydrogen) atoms. The van der Waals surface area contributed by atoms with Crippen LogP contribution < -0.4 is 10.3 Å². The predicted octanol–water partition coefficient (Wildman–Crippen LogP) is 1.74. The van der Waals surface area contributed by atoms with E-state index in [1.165, 1.54) is 10.7 Å². The summed E-state index contributed by atoms with van der Waals surface area (Å²) < 4.78 is 28.2. The number of aromatic nitrogens is 3. The number of nitrogens with one attached hydrogen (secondary N) is 1. The van der Waals surface area contributed by atoms with Crippen LogP contribution in [0.2, 0.25) is 0 Å². The van der Waals surface area contributed by atoms with Gasteiger partial charge in [0, 0.05) is 37.1 Å². The summed E-state index contributed by atoms with van der Waals surface area (Å²) >= 11 is 1.16. The fraction of sp³-hybridized carbons (Fsp3) is 0.188. The number of thiophene rings is 1. The van der Waals surface area contributed by atoms with E-state index in [1.807, 2.05) is 12.1 Å². The van der Waals surface area contributed by atoms with Crippen molar-refractivity contribution in [3.05, 3.63) is 64.5 Å². The van der Waals surface area contributed by atoms with Crippen LogP contribution in [0.1, 0.15) is 6.42 Å². The highest BCUT2D eigenvalue weighted by Crippen LogP contribution is 2.15. The van der Waals surface area contributed by atoms with Crippen molar-refractivity contribution >= 4 is 21.4 Å². The highest BCUT2D eigenvalue weighted by molar-refractivity contribution is 7.91. The highest BCUT2D eigenvalue weighted by Gasteiger charge is 2.13. The average molecular weight is 376 g/mol. The molecule has 0 aromatic carbocycles. The molecule has 7 nitrogen and oxygen atoms in total. The number of rotatable bonds is 7. The van der Waals surface area contributed by atoms with E-state index in [-0.39, 0.29) is 16.3 Å². The van der Waals surface area contributed by atoms with E-state index >= 15 is 0 Å². The zero-order valence-corrected chi connectivity index (χ0v) is 14.8. The van der Waals surface area contributed by atoms with Crippen molar-refractivity contribution in [3.63, 3.8) is 0 Å². The van der Waals surface area contributed by atoms with E-state index < -0.39 is 10.0 Å². The van der Waals surface area contributed by atoms with Crippen LogP contribution in [0.3, 0.4) is 0 Å². The molecule has 3 rings (SSSR count). The van der Waals surface area contributed by atoms with Crippen molar-refractivity contribution in [2.75, 3.05) is 6.54 Å². The number of aryl methyl sites for hydroxylation is 1. The molecule has 0 saturated carbocycles. The van der Waals surface area contributed by atoms with Crippen LogP contribution in [0.15, 0.2) is 63.2 Å². The second kappa shape index (κ2) is 7.68. The minimum Gasteiger partial charge on any atom is -0.268 e. The predicted molar refractivity (Wildman–Crippen MR) is 95.9 cm³/mol. The Morgan fingerprint density at radius 2 is 1.92 bits per heavy atom. The second-order valence-corrected chi connectivity index (χ2v) is 8.14. The van der Waals surface area contributed by atoms with Crippen LogP contribution in [-0.4, -0.2) is 29.7 Å². The van der Waals surface area contributed by atoms with Gasteiger partial charge in [0.2, 0.25) is 10.0 Å². The van der Waals surface area contributed by atoms with E-state index in [1.54, 1.807) is 36.0 Å². The van der Waals surface area contributed by atoms with Crippen LogP contribution in [-0.2, 0) is 16.6 Å². The van der Waals surface area contributed by atoms with Crippen molar-refractivity contribution in [2.24, 2.45) is 0 Å². The van der Waals surface area contributed by atoms with Crippen molar-refractivity contribution in [1.82, 2.24) is 19.5 Å². The SMILES string of the molecule is O=c1ccc(-c2ccncc2)nn1CCCNS(=O)(=O)c1cccs1. The first-order valence-corrected chi connectivity index (χ1v) is 9.94. The van der Waals surface area contributed by atoms with Gasteiger partial charge in [0.25, 0.3) is 5.56 Å². The van der Waals surface area contributed by atoms with Crippen molar-refractivity contribution < 1.29 is 8.42 Å². The van der Waals surface area contributed by atoms with Gasteiger partial charge in [0.1, 0.15) is 4.21 Å². The maximum atomic E-state index is 12.0.